The van der Waals surface area contributed by atoms with Gasteiger partial charge in [0.15, 0.2) is 0 Å². The number of rotatable bonds is 4. The van der Waals surface area contributed by atoms with Crippen LogP contribution in [0.5, 0.6) is 0 Å². The summed E-state index contributed by atoms with van der Waals surface area (Å²) in [5, 5.41) is 35.9. The van der Waals surface area contributed by atoms with Gasteiger partial charge in [-0.15, -0.1) is 0 Å². The second-order valence-electron chi connectivity index (χ2n) is 4.07. The highest BCUT2D eigenvalue weighted by molar-refractivity contribution is 6.32. The average Bonchev–Trinajstić information content (AvgIpc) is 2.35. The summed E-state index contributed by atoms with van der Waals surface area (Å²) in [6, 6.07) is 0. The number of aliphatic carboxylic acids is 4. The highest BCUT2D eigenvalue weighted by atomic mass is 16.4. The van der Waals surface area contributed by atoms with Gasteiger partial charge in [-0.05, 0) is 13.8 Å². The molecule has 0 saturated heterocycles. The van der Waals surface area contributed by atoms with Crippen molar-refractivity contribution in [2.24, 2.45) is 0 Å². The molecule has 0 aromatic heterocycles. The van der Waals surface area contributed by atoms with Gasteiger partial charge < -0.3 is 31.1 Å². The smallest absolute Gasteiger partial charge is 0.394 e. The molecular formula is C10H14N2O10. The minimum absolute atomic E-state index is 0.675. The molecule has 22 heavy (non-hydrogen) atoms. The molecule has 124 valence electrons. The molecule has 0 saturated carbocycles. The number of carbonyl (C=O) groups is 6. The molecule has 0 radical (unpaired) electrons. The van der Waals surface area contributed by atoms with Gasteiger partial charge in [-0.1, -0.05) is 0 Å². The Morgan fingerprint density at radius 1 is 0.818 bits per heavy atom. The molecule has 0 fully saturated rings. The number of hydrogen-bond donors (Lipinski definition) is 6. The maximum absolute atomic E-state index is 10.5. The Bertz CT molecular complexity index is 496. The maximum Gasteiger partial charge on any atom is 0.394 e. The van der Waals surface area contributed by atoms with Crippen LogP contribution in [0.1, 0.15) is 13.8 Å². The number of hydrogen-bond acceptors (Lipinski definition) is 6. The molecule has 0 spiro atoms. The van der Waals surface area contributed by atoms with E-state index in [4.69, 9.17) is 20.4 Å². The largest absolute Gasteiger partial charge is 0.480 e. The Kier molecular flexibility index (Phi) is 8.53. The van der Waals surface area contributed by atoms with E-state index >= 15 is 0 Å². The van der Waals surface area contributed by atoms with Crippen molar-refractivity contribution in [3.05, 3.63) is 0 Å². The summed E-state index contributed by atoms with van der Waals surface area (Å²) in [5.74, 6) is -8.62. The summed E-state index contributed by atoms with van der Waals surface area (Å²) in [4.78, 5) is 60.4. The molecule has 6 N–H and O–H groups in total. The lowest BCUT2D eigenvalue weighted by molar-refractivity contribution is -0.154. The van der Waals surface area contributed by atoms with E-state index in [9.17, 15) is 28.8 Å². The zero-order valence-corrected chi connectivity index (χ0v) is 11.4. The monoisotopic (exact) mass is 322 g/mol. The molecule has 0 aromatic carbocycles. The second kappa shape index (κ2) is 8.89. The number of nitrogens with one attached hydrogen (secondary N) is 2. The van der Waals surface area contributed by atoms with Gasteiger partial charge in [0.05, 0.1) is 0 Å². The van der Waals surface area contributed by atoms with Crippen molar-refractivity contribution in [1.29, 1.82) is 0 Å². The standard InChI is InChI=1S/C6H9NO5.C4H5NO5/c1-6(2,5(11)12)7-3(8)4(9)10;6-2(7)1-5-3(8)4(9)10/h1-2H3,(H,7,8)(H,9,10)(H,11,12);1H2,(H,5,8)(H,6,7)(H,9,10). The number of amides is 2. The molecule has 0 aliphatic heterocycles. The Morgan fingerprint density at radius 3 is 1.50 bits per heavy atom. The fourth-order valence-corrected chi connectivity index (χ4v) is 0.622. The van der Waals surface area contributed by atoms with Crippen LogP contribution in [0.15, 0.2) is 0 Å². The molecule has 12 heteroatoms. The third-order valence-electron chi connectivity index (χ3n) is 1.75. The van der Waals surface area contributed by atoms with Crippen LogP contribution in [0.3, 0.4) is 0 Å². The van der Waals surface area contributed by atoms with Crippen LogP contribution >= 0.6 is 0 Å². The SMILES string of the molecule is CC(C)(NC(=O)C(=O)O)C(=O)O.O=C(O)CNC(=O)C(=O)O. The summed E-state index contributed by atoms with van der Waals surface area (Å²) in [7, 11) is 0. The normalized spacial score (nSPS) is 9.55. The van der Waals surface area contributed by atoms with Crippen molar-refractivity contribution in [3.63, 3.8) is 0 Å². The van der Waals surface area contributed by atoms with Crippen LogP contribution in [0.4, 0.5) is 0 Å². The molecule has 0 aliphatic rings. The summed E-state index contributed by atoms with van der Waals surface area (Å²) in [5.41, 5.74) is -1.56. The Balaban J connectivity index is 0. The topological polar surface area (TPSA) is 207 Å². The first-order chi connectivity index (χ1) is 9.81. The van der Waals surface area contributed by atoms with Crippen LogP contribution in [0.25, 0.3) is 0 Å². The number of carboxylic acid groups (broad SMARTS) is 4. The van der Waals surface area contributed by atoms with Crippen LogP contribution < -0.4 is 10.6 Å². The highest BCUT2D eigenvalue weighted by Gasteiger charge is 2.31. The van der Waals surface area contributed by atoms with Gasteiger partial charge >= 0.3 is 35.7 Å². The van der Waals surface area contributed by atoms with Crippen molar-refractivity contribution in [3.8, 4) is 0 Å². The molecule has 0 aromatic rings. The third-order valence-corrected chi connectivity index (χ3v) is 1.75. The molecule has 0 heterocycles. The Labute approximate surface area is 122 Å². The molecule has 2 amide bonds. The lowest BCUT2D eigenvalue weighted by Crippen LogP contribution is -2.51. The zero-order chi connectivity index (χ0) is 18.1. The fraction of sp³-hybridized carbons (Fsp3) is 0.400. The van der Waals surface area contributed by atoms with Gasteiger partial charge in [0.2, 0.25) is 0 Å². The van der Waals surface area contributed by atoms with Crippen molar-refractivity contribution in [2.45, 2.75) is 19.4 Å². The van der Waals surface area contributed by atoms with E-state index in [1.807, 2.05) is 5.32 Å². The van der Waals surface area contributed by atoms with Gasteiger partial charge in [0, 0.05) is 0 Å². The zero-order valence-electron chi connectivity index (χ0n) is 11.4. The van der Waals surface area contributed by atoms with E-state index in [1.165, 1.54) is 13.8 Å². The molecule has 0 atom stereocenters. The third kappa shape index (κ3) is 9.71. The van der Waals surface area contributed by atoms with Crippen LogP contribution in [0, 0.1) is 0 Å². The van der Waals surface area contributed by atoms with Crippen molar-refractivity contribution < 1.29 is 49.2 Å². The summed E-state index contributed by atoms with van der Waals surface area (Å²) >= 11 is 0. The van der Waals surface area contributed by atoms with E-state index in [1.54, 1.807) is 5.32 Å². The van der Waals surface area contributed by atoms with Gasteiger partial charge in [0.25, 0.3) is 0 Å². The average molecular weight is 322 g/mol. The second-order valence-corrected chi connectivity index (χ2v) is 4.07. The van der Waals surface area contributed by atoms with Gasteiger partial charge in [-0.3, -0.25) is 14.4 Å². The maximum atomic E-state index is 10.5. The number of carbonyl (C=O) groups excluding carboxylic acids is 2. The Hall–Kier alpha value is -3.18. The first-order valence-corrected chi connectivity index (χ1v) is 5.33. The minimum Gasteiger partial charge on any atom is -0.480 e. The van der Waals surface area contributed by atoms with Gasteiger partial charge in [-0.25, -0.2) is 14.4 Å². The quantitative estimate of drug-likeness (QED) is 0.295. The molecule has 12 nitrogen and oxygen atoms in total. The highest BCUT2D eigenvalue weighted by Crippen LogP contribution is 2.00. The van der Waals surface area contributed by atoms with Crippen molar-refractivity contribution in [2.75, 3.05) is 6.54 Å². The lowest BCUT2D eigenvalue weighted by atomic mass is 10.1. The molecule has 0 bridgehead atoms. The molecule has 0 unspecified atom stereocenters. The van der Waals surface area contributed by atoms with E-state index in [-0.39, 0.29) is 0 Å². The predicted molar refractivity (Wildman–Crippen MR) is 65.8 cm³/mol. The first-order valence-electron chi connectivity index (χ1n) is 5.33. The van der Waals surface area contributed by atoms with E-state index < -0.39 is 47.8 Å². The minimum atomic E-state index is -1.70. The molecule has 0 aliphatic carbocycles. The number of carboxylic acids is 4. The summed E-state index contributed by atoms with van der Waals surface area (Å²) in [6.45, 7) is 1.71. The molecular weight excluding hydrogens is 308 g/mol. The Morgan fingerprint density at radius 2 is 1.23 bits per heavy atom. The van der Waals surface area contributed by atoms with Crippen molar-refractivity contribution in [1.82, 2.24) is 10.6 Å². The first kappa shape index (κ1) is 21.1. The summed E-state index contributed by atoms with van der Waals surface area (Å²) in [6.07, 6.45) is 0. The van der Waals surface area contributed by atoms with Crippen LogP contribution in [0.2, 0.25) is 0 Å². The van der Waals surface area contributed by atoms with E-state index in [2.05, 4.69) is 0 Å². The predicted octanol–water partition coefficient (Wildman–Crippen LogP) is -2.68. The summed E-state index contributed by atoms with van der Waals surface area (Å²) < 4.78 is 0. The van der Waals surface area contributed by atoms with Crippen LogP contribution in [-0.2, 0) is 28.8 Å². The van der Waals surface area contributed by atoms with E-state index in [0.717, 1.165) is 0 Å². The lowest BCUT2D eigenvalue weighted by Gasteiger charge is -2.19. The molecule has 0 rings (SSSR count). The van der Waals surface area contributed by atoms with Gasteiger partial charge in [-0.2, -0.15) is 0 Å². The van der Waals surface area contributed by atoms with E-state index in [0.29, 0.717) is 0 Å². The van der Waals surface area contributed by atoms with Crippen molar-refractivity contribution >= 4 is 35.7 Å². The van der Waals surface area contributed by atoms with Gasteiger partial charge in [0.1, 0.15) is 12.1 Å². The fourth-order valence-electron chi connectivity index (χ4n) is 0.622. The van der Waals surface area contributed by atoms with Crippen LogP contribution in [-0.4, -0.2) is 68.2 Å².